The minimum atomic E-state index is 0.529. The van der Waals surface area contributed by atoms with Crippen molar-refractivity contribution < 1.29 is 0 Å². The molecule has 1 aliphatic rings. The number of fused-ring (bicyclic) bond motifs is 5. The second kappa shape index (κ2) is 17.1. The van der Waals surface area contributed by atoms with E-state index in [0.29, 0.717) is 5.92 Å². The minimum Gasteiger partial charge on any atom is -0.311 e. The first-order valence-electron chi connectivity index (χ1n) is 23.3. The van der Waals surface area contributed by atoms with Gasteiger partial charge in [-0.1, -0.05) is 171 Å². The number of benzene rings is 10. The molecule has 0 fully saturated rings. The van der Waals surface area contributed by atoms with Crippen molar-refractivity contribution in [1.82, 2.24) is 4.98 Å². The summed E-state index contributed by atoms with van der Waals surface area (Å²) >= 11 is 0. The van der Waals surface area contributed by atoms with Gasteiger partial charge in [-0.2, -0.15) is 0 Å². The predicted octanol–water partition coefficient (Wildman–Crippen LogP) is 17.8. The van der Waals surface area contributed by atoms with Gasteiger partial charge < -0.3 is 9.80 Å². The third-order valence-electron chi connectivity index (χ3n) is 13.4. The van der Waals surface area contributed by atoms with Gasteiger partial charge in [0.05, 0.1) is 5.52 Å². The van der Waals surface area contributed by atoms with Crippen molar-refractivity contribution in [3.63, 3.8) is 0 Å². The van der Waals surface area contributed by atoms with E-state index in [-0.39, 0.29) is 0 Å². The molecule has 1 atom stereocenters. The molecule has 12 rings (SSSR count). The molecule has 1 unspecified atom stereocenters. The van der Waals surface area contributed by atoms with Crippen LogP contribution in [0.5, 0.6) is 0 Å². The van der Waals surface area contributed by atoms with Crippen LogP contribution in [-0.4, -0.2) is 4.98 Å². The van der Waals surface area contributed by atoms with Gasteiger partial charge in [0.15, 0.2) is 0 Å². The quantitative estimate of drug-likeness (QED) is 0.106. The summed E-state index contributed by atoms with van der Waals surface area (Å²) in [6.07, 6.45) is 9.89. The molecule has 10 aromatic carbocycles. The molecule has 11 aromatic rings. The van der Waals surface area contributed by atoms with Crippen molar-refractivity contribution >= 4 is 71.7 Å². The maximum absolute atomic E-state index is 4.94. The molecule has 318 valence electrons. The number of pyridine rings is 1. The van der Waals surface area contributed by atoms with Crippen molar-refractivity contribution in [3.05, 3.63) is 255 Å². The number of hydrogen-bond acceptors (Lipinski definition) is 3. The zero-order valence-corrected chi connectivity index (χ0v) is 37.3. The number of nitrogens with zero attached hydrogens (tertiary/aromatic N) is 3. The van der Waals surface area contributed by atoms with Gasteiger partial charge in [-0.05, 0) is 152 Å². The molecule has 0 N–H and O–H groups in total. The number of para-hydroxylation sites is 3. The van der Waals surface area contributed by atoms with Crippen LogP contribution in [0, 0.1) is 5.92 Å². The average Bonchev–Trinajstić information content (AvgIpc) is 3.40. The van der Waals surface area contributed by atoms with Crippen LogP contribution in [0.3, 0.4) is 0 Å². The molecule has 3 nitrogen and oxygen atoms in total. The number of allylic oxidation sites excluding steroid dienone is 3. The number of hydrogen-bond donors (Lipinski definition) is 0. The van der Waals surface area contributed by atoms with Gasteiger partial charge in [-0.15, -0.1) is 0 Å². The summed E-state index contributed by atoms with van der Waals surface area (Å²) in [4.78, 5) is 9.64. The van der Waals surface area contributed by atoms with Gasteiger partial charge in [-0.3, -0.25) is 4.98 Å². The fourth-order valence-electron chi connectivity index (χ4n) is 10.2. The topological polar surface area (TPSA) is 19.4 Å². The fraction of sp³-hybridized carbons (Fsp3) is 0.0469. The summed E-state index contributed by atoms with van der Waals surface area (Å²) < 4.78 is 0. The third-order valence-corrected chi connectivity index (χ3v) is 13.4. The van der Waals surface area contributed by atoms with E-state index in [2.05, 4.69) is 253 Å². The Morgan fingerprint density at radius 1 is 0.418 bits per heavy atom. The van der Waals surface area contributed by atoms with E-state index >= 15 is 0 Å². The van der Waals surface area contributed by atoms with E-state index in [4.69, 9.17) is 4.98 Å². The first kappa shape index (κ1) is 40.0. The van der Waals surface area contributed by atoms with E-state index in [1.165, 1.54) is 60.3 Å². The van der Waals surface area contributed by atoms with Crippen LogP contribution in [0.1, 0.15) is 13.3 Å². The van der Waals surface area contributed by atoms with Gasteiger partial charge in [0, 0.05) is 51.1 Å². The SMILES string of the molecule is CC1C=CC(N(c2ccccc2)c2ccc(-c3c4ccccc4c(-c4ccc(N(c5ccccc5)c5ccccc5)cc4)c4cc(-c5cccc6ccc7cccnc7c56)ccc34)cc2)=CC1. The predicted molar refractivity (Wildman–Crippen MR) is 285 cm³/mol. The van der Waals surface area contributed by atoms with Gasteiger partial charge in [0.2, 0.25) is 0 Å². The van der Waals surface area contributed by atoms with Crippen LogP contribution < -0.4 is 9.80 Å². The first-order valence-corrected chi connectivity index (χ1v) is 23.3. The van der Waals surface area contributed by atoms with Gasteiger partial charge in [-0.25, -0.2) is 0 Å². The average molecular weight is 858 g/mol. The molecular formula is C64H47N3. The molecule has 3 heteroatoms. The molecule has 0 spiro atoms. The van der Waals surface area contributed by atoms with Crippen molar-refractivity contribution in [2.75, 3.05) is 9.80 Å². The lowest BCUT2D eigenvalue weighted by Gasteiger charge is -2.28. The van der Waals surface area contributed by atoms with Crippen LogP contribution in [-0.2, 0) is 0 Å². The lowest BCUT2D eigenvalue weighted by Crippen LogP contribution is -2.17. The maximum atomic E-state index is 4.94. The summed E-state index contributed by atoms with van der Waals surface area (Å²) in [7, 11) is 0. The first-order chi connectivity index (χ1) is 33.2. The molecule has 0 bridgehead atoms. The van der Waals surface area contributed by atoms with Crippen LogP contribution in [0.2, 0.25) is 0 Å². The smallest absolute Gasteiger partial charge is 0.0786 e. The largest absolute Gasteiger partial charge is 0.311 e. The Hall–Kier alpha value is -8.53. The highest BCUT2D eigenvalue weighted by Crippen LogP contribution is 2.47. The van der Waals surface area contributed by atoms with E-state index in [1.807, 2.05) is 12.3 Å². The molecule has 0 saturated heterocycles. The monoisotopic (exact) mass is 857 g/mol. The molecule has 0 amide bonds. The summed E-state index contributed by atoms with van der Waals surface area (Å²) in [5.41, 5.74) is 14.9. The van der Waals surface area contributed by atoms with E-state index in [0.717, 1.165) is 56.9 Å². The second-order valence-electron chi connectivity index (χ2n) is 17.6. The summed E-state index contributed by atoms with van der Waals surface area (Å²) in [6, 6.07) is 81.6. The molecular weight excluding hydrogens is 811 g/mol. The second-order valence-corrected chi connectivity index (χ2v) is 17.6. The lowest BCUT2D eigenvalue weighted by atomic mass is 9.84. The van der Waals surface area contributed by atoms with Gasteiger partial charge >= 0.3 is 0 Å². The van der Waals surface area contributed by atoms with Crippen molar-refractivity contribution in [2.24, 2.45) is 5.92 Å². The Kier molecular flexibility index (Phi) is 10.2. The van der Waals surface area contributed by atoms with E-state index < -0.39 is 0 Å². The molecule has 67 heavy (non-hydrogen) atoms. The fourth-order valence-corrected chi connectivity index (χ4v) is 10.2. The lowest BCUT2D eigenvalue weighted by molar-refractivity contribution is 0.728. The standard InChI is InChI=1S/C64H47N3/c1-44-26-35-53(36-27-44)67(52-21-9-4-10-22-52)55-37-30-46(31-38-55)61-57-23-11-12-24-58(57)62(47-32-39-54(40-33-47)66(50-17-5-2-6-18-50)51-19-7-3-8-20-51)60-43-49(34-41-59(60)61)56-25-13-15-45-28-29-48-16-14-42-65-64(48)63(45)56/h2-26,28-44H,27H2,1H3. The highest BCUT2D eigenvalue weighted by molar-refractivity contribution is 6.23. The molecule has 0 saturated carbocycles. The molecule has 0 aliphatic heterocycles. The summed E-state index contributed by atoms with van der Waals surface area (Å²) in [5.74, 6) is 0.529. The van der Waals surface area contributed by atoms with Crippen molar-refractivity contribution in [3.8, 4) is 33.4 Å². The van der Waals surface area contributed by atoms with Crippen molar-refractivity contribution in [2.45, 2.75) is 13.3 Å². The molecule has 0 radical (unpaired) electrons. The molecule has 1 aliphatic carbocycles. The third kappa shape index (κ3) is 7.32. The Bertz CT molecular complexity index is 3610. The van der Waals surface area contributed by atoms with Gasteiger partial charge in [0.1, 0.15) is 0 Å². The Morgan fingerprint density at radius 2 is 0.925 bits per heavy atom. The van der Waals surface area contributed by atoms with Crippen LogP contribution in [0.4, 0.5) is 28.4 Å². The summed E-state index contributed by atoms with van der Waals surface area (Å²) in [5, 5.41) is 8.33. The minimum absolute atomic E-state index is 0.529. The van der Waals surface area contributed by atoms with Crippen LogP contribution >= 0.6 is 0 Å². The Labute approximate surface area is 391 Å². The Balaban J connectivity index is 1.07. The maximum Gasteiger partial charge on any atom is 0.0786 e. The number of rotatable bonds is 9. The zero-order chi connectivity index (χ0) is 44.7. The molecule has 1 heterocycles. The highest BCUT2D eigenvalue weighted by atomic mass is 15.1. The van der Waals surface area contributed by atoms with E-state index in [9.17, 15) is 0 Å². The molecule has 1 aromatic heterocycles. The normalized spacial score (nSPS) is 13.6. The number of anilines is 5. The van der Waals surface area contributed by atoms with Crippen LogP contribution in [0.15, 0.2) is 255 Å². The summed E-state index contributed by atoms with van der Waals surface area (Å²) in [6.45, 7) is 2.27. The van der Waals surface area contributed by atoms with Gasteiger partial charge in [0.25, 0.3) is 0 Å². The zero-order valence-electron chi connectivity index (χ0n) is 37.3. The number of aromatic nitrogens is 1. The Morgan fingerprint density at radius 3 is 1.54 bits per heavy atom. The van der Waals surface area contributed by atoms with Crippen molar-refractivity contribution in [1.29, 1.82) is 0 Å². The van der Waals surface area contributed by atoms with Crippen LogP contribution in [0.25, 0.3) is 76.6 Å². The van der Waals surface area contributed by atoms with E-state index in [1.54, 1.807) is 0 Å². The highest BCUT2D eigenvalue weighted by Gasteiger charge is 2.21.